The SMILES string of the molecule is CC(=O)Nc1c(I)c(N)c(I)c(C(=O)NCC(COC(C)=O)OC(C)=O)c1I. The van der Waals surface area contributed by atoms with Crippen LogP contribution in [0.4, 0.5) is 11.4 Å². The Morgan fingerprint density at radius 2 is 1.61 bits per heavy atom. The molecule has 28 heavy (non-hydrogen) atoms. The number of carbonyl (C=O) groups excluding carboxylic acids is 4. The highest BCUT2D eigenvalue weighted by Gasteiger charge is 2.25. The van der Waals surface area contributed by atoms with E-state index in [2.05, 4.69) is 10.6 Å². The van der Waals surface area contributed by atoms with E-state index >= 15 is 0 Å². The van der Waals surface area contributed by atoms with Crippen LogP contribution in [0.5, 0.6) is 0 Å². The summed E-state index contributed by atoms with van der Waals surface area (Å²) in [6.45, 7) is 3.55. The predicted molar refractivity (Wildman–Crippen MR) is 128 cm³/mol. The number of amides is 2. The van der Waals surface area contributed by atoms with E-state index in [1.54, 1.807) is 0 Å². The van der Waals surface area contributed by atoms with Gasteiger partial charge in [-0.2, -0.15) is 0 Å². The molecule has 0 aromatic heterocycles. The van der Waals surface area contributed by atoms with Crippen molar-refractivity contribution in [3.63, 3.8) is 0 Å². The van der Waals surface area contributed by atoms with E-state index in [9.17, 15) is 19.2 Å². The number of nitrogens with two attached hydrogens (primary N) is 1. The molecule has 154 valence electrons. The third-order valence-corrected chi connectivity index (χ3v) is 6.49. The van der Waals surface area contributed by atoms with E-state index in [-0.39, 0.29) is 24.6 Å². The molecule has 0 radical (unpaired) electrons. The van der Waals surface area contributed by atoms with Gasteiger partial charge in [-0.05, 0) is 67.8 Å². The molecule has 0 spiro atoms. The van der Waals surface area contributed by atoms with Crippen LogP contribution in [0.25, 0.3) is 0 Å². The van der Waals surface area contributed by atoms with E-state index in [1.165, 1.54) is 20.8 Å². The van der Waals surface area contributed by atoms with Crippen molar-refractivity contribution in [1.29, 1.82) is 0 Å². The van der Waals surface area contributed by atoms with E-state index in [0.29, 0.717) is 22.1 Å². The van der Waals surface area contributed by atoms with Crippen LogP contribution in [0.1, 0.15) is 31.1 Å². The summed E-state index contributed by atoms with van der Waals surface area (Å²) in [5.41, 5.74) is 7.20. The van der Waals surface area contributed by atoms with E-state index < -0.39 is 23.9 Å². The third kappa shape index (κ3) is 7.16. The van der Waals surface area contributed by atoms with Gasteiger partial charge in [0.15, 0.2) is 6.10 Å². The Morgan fingerprint density at radius 3 is 2.11 bits per heavy atom. The largest absolute Gasteiger partial charge is 0.462 e. The van der Waals surface area contributed by atoms with Crippen LogP contribution >= 0.6 is 67.8 Å². The average Bonchev–Trinajstić information content (AvgIpc) is 2.58. The fourth-order valence-electron chi connectivity index (χ4n) is 2.04. The van der Waals surface area contributed by atoms with E-state index in [4.69, 9.17) is 15.2 Å². The first-order valence-corrected chi connectivity index (χ1v) is 11.0. The van der Waals surface area contributed by atoms with Gasteiger partial charge in [0.25, 0.3) is 5.91 Å². The number of hydrogen-bond acceptors (Lipinski definition) is 7. The second-order valence-corrected chi connectivity index (χ2v) is 8.77. The van der Waals surface area contributed by atoms with Crippen LogP contribution < -0.4 is 16.4 Å². The lowest BCUT2D eigenvalue weighted by Gasteiger charge is -2.20. The van der Waals surface area contributed by atoms with Gasteiger partial charge in [0.05, 0.1) is 34.2 Å². The third-order valence-electron chi connectivity index (χ3n) is 3.17. The maximum atomic E-state index is 12.8. The van der Waals surface area contributed by atoms with Crippen molar-refractivity contribution in [3.05, 3.63) is 16.3 Å². The minimum atomic E-state index is -0.836. The number of esters is 2. The van der Waals surface area contributed by atoms with Crippen LogP contribution in [0.2, 0.25) is 0 Å². The predicted octanol–water partition coefficient (Wildman–Crippen LogP) is 2.27. The lowest BCUT2D eigenvalue weighted by atomic mass is 10.1. The van der Waals surface area contributed by atoms with Crippen LogP contribution in [-0.4, -0.2) is 43.0 Å². The molecular weight excluding hydrogens is 711 g/mol. The first-order chi connectivity index (χ1) is 13.0. The summed E-state index contributed by atoms with van der Waals surface area (Å²) in [5, 5.41) is 5.33. The molecule has 1 aromatic rings. The molecule has 0 heterocycles. The van der Waals surface area contributed by atoms with Crippen LogP contribution in [0.15, 0.2) is 0 Å². The molecule has 1 unspecified atom stereocenters. The second kappa shape index (κ2) is 11.3. The van der Waals surface area contributed by atoms with Gasteiger partial charge < -0.3 is 25.8 Å². The number of ether oxygens (including phenoxy) is 2. The smallest absolute Gasteiger partial charge is 0.303 e. The lowest BCUT2D eigenvalue weighted by Crippen LogP contribution is -2.38. The molecular formula is C16H18I3N3O6. The van der Waals surface area contributed by atoms with Gasteiger partial charge in [-0.1, -0.05) is 0 Å². The molecule has 12 heteroatoms. The average molecular weight is 729 g/mol. The number of nitrogen functional groups attached to an aromatic ring is 1. The van der Waals surface area contributed by atoms with Gasteiger partial charge in [0, 0.05) is 20.8 Å². The molecule has 0 fully saturated rings. The Morgan fingerprint density at radius 1 is 1.00 bits per heavy atom. The van der Waals surface area contributed by atoms with Gasteiger partial charge >= 0.3 is 11.9 Å². The summed E-state index contributed by atoms with van der Waals surface area (Å²) in [5.74, 6) is -1.86. The number of halogens is 3. The Labute approximate surface area is 202 Å². The van der Waals surface area contributed by atoms with E-state index in [0.717, 1.165) is 0 Å². The minimum Gasteiger partial charge on any atom is -0.462 e. The number of hydrogen-bond donors (Lipinski definition) is 3. The molecule has 0 aliphatic heterocycles. The standard InChI is InChI=1S/C16H18I3N3O6/c1-6(23)22-15-12(18)10(11(17)14(20)13(15)19)16(26)21-4-9(28-8(3)25)5-27-7(2)24/h9H,4-5,20H2,1-3H3,(H,21,26)(H,22,23). The zero-order valence-corrected chi connectivity index (χ0v) is 21.6. The molecule has 0 aliphatic carbocycles. The molecule has 0 saturated carbocycles. The van der Waals surface area contributed by atoms with Gasteiger partial charge in [0.1, 0.15) is 6.61 Å². The Balaban J connectivity index is 3.10. The lowest BCUT2D eigenvalue weighted by molar-refractivity contribution is -0.155. The fraction of sp³-hybridized carbons (Fsp3) is 0.375. The van der Waals surface area contributed by atoms with Crippen molar-refractivity contribution in [2.45, 2.75) is 26.9 Å². The number of carbonyl (C=O) groups is 4. The van der Waals surface area contributed by atoms with Crippen molar-refractivity contribution in [2.75, 3.05) is 24.2 Å². The van der Waals surface area contributed by atoms with Crippen LogP contribution in [-0.2, 0) is 23.9 Å². The molecule has 1 aromatic carbocycles. The molecule has 0 saturated heterocycles. The topological polar surface area (TPSA) is 137 Å². The Hall–Kier alpha value is -0.910. The second-order valence-electron chi connectivity index (χ2n) is 5.53. The van der Waals surface area contributed by atoms with Gasteiger partial charge in [0.2, 0.25) is 5.91 Å². The van der Waals surface area contributed by atoms with Crippen molar-refractivity contribution >= 4 is 103 Å². The number of anilines is 2. The summed E-state index contributed by atoms with van der Waals surface area (Å²) < 4.78 is 11.6. The Bertz CT molecular complexity index is 816. The maximum absolute atomic E-state index is 12.8. The van der Waals surface area contributed by atoms with Gasteiger partial charge in [-0.3, -0.25) is 19.2 Å². The van der Waals surface area contributed by atoms with Crippen molar-refractivity contribution < 1.29 is 28.7 Å². The zero-order valence-electron chi connectivity index (χ0n) is 15.2. The minimum absolute atomic E-state index is 0.0702. The molecule has 2 amide bonds. The Kier molecular flexibility index (Phi) is 10.2. The molecule has 0 bridgehead atoms. The van der Waals surface area contributed by atoms with Crippen LogP contribution in [0.3, 0.4) is 0 Å². The van der Waals surface area contributed by atoms with Gasteiger partial charge in [-0.25, -0.2) is 0 Å². The molecule has 1 rings (SSSR count). The highest BCUT2D eigenvalue weighted by molar-refractivity contribution is 14.1. The quantitative estimate of drug-likeness (QED) is 0.223. The number of benzene rings is 1. The highest BCUT2D eigenvalue weighted by Crippen LogP contribution is 2.37. The van der Waals surface area contributed by atoms with Crippen molar-refractivity contribution in [2.24, 2.45) is 0 Å². The molecule has 9 nitrogen and oxygen atoms in total. The summed E-state index contributed by atoms with van der Waals surface area (Å²) >= 11 is 5.93. The summed E-state index contributed by atoms with van der Waals surface area (Å²) in [6.07, 6.45) is -0.836. The summed E-state index contributed by atoms with van der Waals surface area (Å²) in [6, 6.07) is 0. The molecule has 0 aliphatic rings. The normalized spacial score (nSPS) is 11.4. The van der Waals surface area contributed by atoms with Crippen LogP contribution in [0, 0.1) is 10.7 Å². The number of nitrogens with one attached hydrogen (secondary N) is 2. The first-order valence-electron chi connectivity index (χ1n) is 7.77. The number of rotatable bonds is 7. The molecule has 4 N–H and O–H groups in total. The summed E-state index contributed by atoms with van der Waals surface area (Å²) in [7, 11) is 0. The van der Waals surface area contributed by atoms with Crippen molar-refractivity contribution in [1.82, 2.24) is 5.32 Å². The maximum Gasteiger partial charge on any atom is 0.303 e. The highest BCUT2D eigenvalue weighted by atomic mass is 127. The van der Waals surface area contributed by atoms with Gasteiger partial charge in [-0.15, -0.1) is 0 Å². The summed E-state index contributed by atoms with van der Waals surface area (Å²) in [4.78, 5) is 46.5. The molecule has 1 atom stereocenters. The fourth-order valence-corrected chi connectivity index (χ4v) is 5.97. The van der Waals surface area contributed by atoms with Crippen molar-refractivity contribution in [3.8, 4) is 0 Å². The first kappa shape index (κ1) is 25.1. The van der Waals surface area contributed by atoms with E-state index in [1.807, 2.05) is 67.8 Å². The zero-order chi connectivity index (χ0) is 21.6. The monoisotopic (exact) mass is 729 g/mol.